The summed E-state index contributed by atoms with van der Waals surface area (Å²) >= 11 is 0. The van der Waals surface area contributed by atoms with Gasteiger partial charge in [0.1, 0.15) is 0 Å². The van der Waals surface area contributed by atoms with E-state index in [1.54, 1.807) is 12.1 Å². The highest BCUT2D eigenvalue weighted by molar-refractivity contribution is 5.92. The van der Waals surface area contributed by atoms with Crippen molar-refractivity contribution in [1.29, 1.82) is 0 Å². The molecule has 0 unspecified atom stereocenters. The molecular formula is C27H22N4O3. The van der Waals surface area contributed by atoms with Gasteiger partial charge in [-0.1, -0.05) is 42.5 Å². The first kappa shape index (κ1) is 21.3. The van der Waals surface area contributed by atoms with E-state index in [0.29, 0.717) is 24.9 Å². The molecule has 5 aromatic rings. The maximum atomic E-state index is 12.5. The van der Waals surface area contributed by atoms with E-state index in [-0.39, 0.29) is 11.6 Å². The van der Waals surface area contributed by atoms with Crippen molar-refractivity contribution in [3.63, 3.8) is 0 Å². The van der Waals surface area contributed by atoms with Gasteiger partial charge in [0, 0.05) is 40.5 Å². The molecule has 0 radical (unpaired) electrons. The Bertz CT molecular complexity index is 1510. The van der Waals surface area contributed by atoms with Crippen LogP contribution in [-0.2, 0) is 11.2 Å². The molecule has 0 bridgehead atoms. The van der Waals surface area contributed by atoms with Gasteiger partial charge in [0.15, 0.2) is 0 Å². The molecule has 2 N–H and O–H groups in total. The number of hydrogen-bond donors (Lipinski definition) is 2. The standard InChI is InChI=1S/C27H22N4O3/c32-26(28-19-13-15-20(16-14-19)31(33)34)11-5-8-22-21-7-2-4-10-24(21)30-27(22)25-17-12-18-6-1-3-9-23(18)29-25/h1-4,6-7,9-10,12-17,30H,5,8,11H2,(H,28,32). The molecule has 0 spiro atoms. The van der Waals surface area contributed by atoms with Crippen LogP contribution in [0, 0.1) is 10.1 Å². The van der Waals surface area contributed by atoms with E-state index in [9.17, 15) is 14.9 Å². The first-order chi connectivity index (χ1) is 16.6. The second kappa shape index (κ2) is 9.15. The first-order valence-electron chi connectivity index (χ1n) is 11.1. The number of pyridine rings is 1. The van der Waals surface area contributed by atoms with Crippen molar-refractivity contribution in [3.05, 3.63) is 101 Å². The third-order valence-corrected chi connectivity index (χ3v) is 5.86. The van der Waals surface area contributed by atoms with Gasteiger partial charge < -0.3 is 10.3 Å². The van der Waals surface area contributed by atoms with Crippen LogP contribution in [0.3, 0.4) is 0 Å². The lowest BCUT2D eigenvalue weighted by molar-refractivity contribution is -0.384. The average Bonchev–Trinajstić information content (AvgIpc) is 3.22. The average molecular weight is 450 g/mol. The van der Waals surface area contributed by atoms with E-state index in [0.717, 1.165) is 38.8 Å². The van der Waals surface area contributed by atoms with Gasteiger partial charge in [-0.3, -0.25) is 14.9 Å². The lowest BCUT2D eigenvalue weighted by Crippen LogP contribution is -2.11. The third kappa shape index (κ3) is 4.36. The minimum Gasteiger partial charge on any atom is -0.353 e. The smallest absolute Gasteiger partial charge is 0.269 e. The Morgan fingerprint density at radius 1 is 0.941 bits per heavy atom. The van der Waals surface area contributed by atoms with Gasteiger partial charge >= 0.3 is 0 Å². The summed E-state index contributed by atoms with van der Waals surface area (Å²) in [6.45, 7) is 0. The number of rotatable bonds is 7. The Hall–Kier alpha value is -4.52. The Morgan fingerprint density at radius 3 is 2.53 bits per heavy atom. The van der Waals surface area contributed by atoms with Crippen LogP contribution in [0.25, 0.3) is 33.2 Å². The molecule has 1 amide bonds. The molecule has 2 heterocycles. The molecule has 0 saturated heterocycles. The number of carbonyl (C=O) groups is 1. The van der Waals surface area contributed by atoms with Crippen molar-refractivity contribution in [3.8, 4) is 11.4 Å². The summed E-state index contributed by atoms with van der Waals surface area (Å²) in [6.07, 6.45) is 1.70. The normalized spacial score (nSPS) is 11.1. The van der Waals surface area contributed by atoms with E-state index in [2.05, 4.69) is 22.4 Å². The van der Waals surface area contributed by atoms with E-state index in [1.165, 1.54) is 12.1 Å². The lowest BCUT2D eigenvalue weighted by atomic mass is 10.0. The Kier molecular flexibility index (Phi) is 5.74. The number of nitro groups is 1. The van der Waals surface area contributed by atoms with Crippen molar-refractivity contribution >= 4 is 39.1 Å². The number of non-ortho nitro benzene ring substituents is 1. The number of hydrogen-bond acceptors (Lipinski definition) is 4. The topological polar surface area (TPSA) is 101 Å². The van der Waals surface area contributed by atoms with Crippen molar-refractivity contribution in [2.24, 2.45) is 0 Å². The molecule has 34 heavy (non-hydrogen) atoms. The van der Waals surface area contributed by atoms with Crippen molar-refractivity contribution in [1.82, 2.24) is 9.97 Å². The first-order valence-corrected chi connectivity index (χ1v) is 11.1. The number of carbonyl (C=O) groups excluding carboxylic acids is 1. The number of H-pyrrole nitrogens is 1. The number of fused-ring (bicyclic) bond motifs is 2. The molecule has 0 atom stereocenters. The van der Waals surface area contributed by atoms with Crippen molar-refractivity contribution < 1.29 is 9.72 Å². The maximum absolute atomic E-state index is 12.5. The summed E-state index contributed by atoms with van der Waals surface area (Å²) in [5, 5.41) is 15.8. The summed E-state index contributed by atoms with van der Waals surface area (Å²) < 4.78 is 0. The number of anilines is 1. The van der Waals surface area contributed by atoms with Crippen LogP contribution in [0.1, 0.15) is 18.4 Å². The van der Waals surface area contributed by atoms with E-state index in [1.807, 2.05) is 48.5 Å². The molecule has 7 heteroatoms. The number of aromatic amines is 1. The molecule has 0 aliphatic carbocycles. The molecular weight excluding hydrogens is 428 g/mol. The SMILES string of the molecule is O=C(CCCc1c(-c2ccc3ccccc3n2)[nH]c2ccccc12)Nc1ccc([N+](=O)[O-])cc1. The number of benzene rings is 3. The Labute approximate surface area is 195 Å². The zero-order valence-electron chi connectivity index (χ0n) is 18.3. The quantitative estimate of drug-likeness (QED) is 0.226. The monoisotopic (exact) mass is 450 g/mol. The van der Waals surface area contributed by atoms with Gasteiger partial charge in [-0.2, -0.15) is 0 Å². The van der Waals surface area contributed by atoms with Crippen LogP contribution in [0.5, 0.6) is 0 Å². The highest BCUT2D eigenvalue weighted by Gasteiger charge is 2.15. The van der Waals surface area contributed by atoms with Crippen LogP contribution in [0.15, 0.2) is 84.9 Å². The highest BCUT2D eigenvalue weighted by Crippen LogP contribution is 2.31. The summed E-state index contributed by atoms with van der Waals surface area (Å²) in [6, 6.07) is 26.1. The minimum absolute atomic E-state index is 0.00726. The molecule has 0 aliphatic rings. The van der Waals surface area contributed by atoms with E-state index in [4.69, 9.17) is 4.98 Å². The zero-order valence-corrected chi connectivity index (χ0v) is 18.3. The molecule has 0 aliphatic heterocycles. The molecule has 0 fully saturated rings. The van der Waals surface area contributed by atoms with Gasteiger partial charge in [0.05, 0.1) is 21.8 Å². The Morgan fingerprint density at radius 2 is 1.71 bits per heavy atom. The molecule has 2 aromatic heterocycles. The number of aryl methyl sites for hydroxylation is 1. The van der Waals surface area contributed by atoms with Crippen LogP contribution in [0.4, 0.5) is 11.4 Å². The van der Waals surface area contributed by atoms with Gasteiger partial charge in [-0.05, 0) is 48.7 Å². The Balaban J connectivity index is 1.34. The second-order valence-electron chi connectivity index (χ2n) is 8.12. The number of para-hydroxylation sites is 2. The summed E-state index contributed by atoms with van der Waals surface area (Å²) in [5.74, 6) is -0.126. The predicted molar refractivity (Wildman–Crippen MR) is 134 cm³/mol. The fraction of sp³-hybridized carbons (Fsp3) is 0.111. The summed E-state index contributed by atoms with van der Waals surface area (Å²) in [7, 11) is 0. The largest absolute Gasteiger partial charge is 0.353 e. The van der Waals surface area contributed by atoms with E-state index >= 15 is 0 Å². The number of nitrogens with one attached hydrogen (secondary N) is 2. The maximum Gasteiger partial charge on any atom is 0.269 e. The molecule has 3 aromatic carbocycles. The molecule has 0 saturated carbocycles. The van der Waals surface area contributed by atoms with E-state index < -0.39 is 4.92 Å². The summed E-state index contributed by atoms with van der Waals surface area (Å²) in [5.41, 5.74) is 5.50. The number of amides is 1. The van der Waals surface area contributed by atoms with Crippen LogP contribution in [-0.4, -0.2) is 20.8 Å². The van der Waals surface area contributed by atoms with Gasteiger partial charge in [0.25, 0.3) is 5.69 Å². The second-order valence-corrected chi connectivity index (χ2v) is 8.12. The minimum atomic E-state index is -0.464. The highest BCUT2D eigenvalue weighted by atomic mass is 16.6. The lowest BCUT2D eigenvalue weighted by Gasteiger charge is -2.07. The van der Waals surface area contributed by atoms with Crippen molar-refractivity contribution in [2.75, 3.05) is 5.32 Å². The van der Waals surface area contributed by atoms with Crippen molar-refractivity contribution in [2.45, 2.75) is 19.3 Å². The van der Waals surface area contributed by atoms with Crippen LogP contribution in [0.2, 0.25) is 0 Å². The molecule has 168 valence electrons. The van der Waals surface area contributed by atoms with Crippen LogP contribution >= 0.6 is 0 Å². The van der Waals surface area contributed by atoms with Gasteiger partial charge in [0.2, 0.25) is 5.91 Å². The third-order valence-electron chi connectivity index (χ3n) is 5.86. The number of nitro benzene ring substituents is 1. The van der Waals surface area contributed by atoms with Gasteiger partial charge in [-0.15, -0.1) is 0 Å². The molecule has 5 rings (SSSR count). The van der Waals surface area contributed by atoms with Gasteiger partial charge in [-0.25, -0.2) is 4.98 Å². The summed E-state index contributed by atoms with van der Waals surface area (Å²) in [4.78, 5) is 31.2. The number of aromatic nitrogens is 2. The fourth-order valence-corrected chi connectivity index (χ4v) is 4.20. The van der Waals surface area contributed by atoms with Crippen LogP contribution < -0.4 is 5.32 Å². The predicted octanol–water partition coefficient (Wildman–Crippen LogP) is 6.25. The zero-order chi connectivity index (χ0) is 23.5. The molecule has 7 nitrogen and oxygen atoms in total. The number of nitrogens with zero attached hydrogens (tertiary/aromatic N) is 2. The fourth-order valence-electron chi connectivity index (χ4n) is 4.20.